The van der Waals surface area contributed by atoms with Crippen molar-refractivity contribution in [3.05, 3.63) is 29.3 Å². The number of rotatable bonds is 2. The van der Waals surface area contributed by atoms with Gasteiger partial charge in [0.2, 0.25) is 5.13 Å². The molecule has 1 aromatic carbocycles. The van der Waals surface area contributed by atoms with Gasteiger partial charge in [0.15, 0.2) is 16.4 Å². The summed E-state index contributed by atoms with van der Waals surface area (Å²) in [5.41, 5.74) is 0.686. The van der Waals surface area contributed by atoms with E-state index in [2.05, 4.69) is 15.5 Å². The molecule has 6 heteroatoms. The fourth-order valence-electron chi connectivity index (χ4n) is 1.56. The predicted octanol–water partition coefficient (Wildman–Crippen LogP) is 3.65. The maximum atomic E-state index is 6.05. The van der Waals surface area contributed by atoms with Crippen molar-refractivity contribution in [3.63, 3.8) is 0 Å². The van der Waals surface area contributed by atoms with Crippen LogP contribution in [0.1, 0.15) is 0 Å². The highest BCUT2D eigenvalue weighted by molar-refractivity contribution is 7.18. The second-order valence-corrected chi connectivity index (χ2v) is 4.82. The fourth-order valence-corrected chi connectivity index (χ4v) is 2.43. The van der Waals surface area contributed by atoms with Gasteiger partial charge in [-0.2, -0.15) is 0 Å². The third-order valence-electron chi connectivity index (χ3n) is 2.35. The van der Waals surface area contributed by atoms with Crippen molar-refractivity contribution in [2.45, 2.75) is 0 Å². The van der Waals surface area contributed by atoms with Crippen molar-refractivity contribution in [2.24, 2.45) is 0 Å². The van der Waals surface area contributed by atoms with Crippen molar-refractivity contribution < 1.29 is 4.42 Å². The summed E-state index contributed by atoms with van der Waals surface area (Å²) >= 11 is 7.49. The second-order valence-electron chi connectivity index (χ2n) is 3.43. The molecule has 2 heterocycles. The molecule has 0 aliphatic rings. The second kappa shape index (κ2) is 4.01. The lowest BCUT2D eigenvalue weighted by Crippen LogP contribution is -1.84. The molecule has 0 atom stereocenters. The first-order valence-electron chi connectivity index (χ1n) is 4.97. The quantitative estimate of drug-likeness (QED) is 0.768. The summed E-state index contributed by atoms with van der Waals surface area (Å²) < 4.78 is 5.69. The molecule has 0 saturated carbocycles. The van der Waals surface area contributed by atoms with Crippen LogP contribution in [-0.4, -0.2) is 17.2 Å². The van der Waals surface area contributed by atoms with Crippen LogP contribution in [0.5, 0.6) is 0 Å². The molecule has 0 amide bonds. The molecule has 0 fully saturated rings. The minimum atomic E-state index is 0.604. The van der Waals surface area contributed by atoms with E-state index in [0.717, 1.165) is 15.5 Å². The molecular weight excluding hydrogens is 258 g/mol. The lowest BCUT2D eigenvalue weighted by Gasteiger charge is -1.89. The maximum Gasteiger partial charge on any atom is 0.205 e. The summed E-state index contributed by atoms with van der Waals surface area (Å²) in [5, 5.41) is 14.0. The van der Waals surface area contributed by atoms with Gasteiger partial charge in [-0.25, -0.2) is 0 Å². The zero-order valence-corrected chi connectivity index (χ0v) is 10.5. The molecular formula is C11H8ClN3OS. The number of halogens is 1. The molecule has 0 radical (unpaired) electrons. The summed E-state index contributed by atoms with van der Waals surface area (Å²) in [5.74, 6) is 0.687. The van der Waals surface area contributed by atoms with Gasteiger partial charge in [-0.05, 0) is 12.1 Å². The average Bonchev–Trinajstić information content (AvgIpc) is 2.95. The summed E-state index contributed by atoms with van der Waals surface area (Å²) in [6.07, 6.45) is 0. The number of fused-ring (bicyclic) bond motifs is 1. The molecule has 0 unspecified atom stereocenters. The van der Waals surface area contributed by atoms with E-state index in [1.54, 1.807) is 13.1 Å². The number of nitrogens with one attached hydrogen (secondary N) is 1. The highest BCUT2D eigenvalue weighted by Gasteiger charge is 2.12. The van der Waals surface area contributed by atoms with Crippen molar-refractivity contribution in [3.8, 4) is 10.8 Å². The molecule has 0 spiro atoms. The molecule has 3 rings (SSSR count). The third kappa shape index (κ3) is 1.77. The van der Waals surface area contributed by atoms with E-state index in [1.165, 1.54) is 11.3 Å². The van der Waals surface area contributed by atoms with E-state index in [0.29, 0.717) is 16.4 Å². The van der Waals surface area contributed by atoms with Crippen molar-refractivity contribution in [1.29, 1.82) is 0 Å². The van der Waals surface area contributed by atoms with Gasteiger partial charge in [0.25, 0.3) is 0 Å². The molecule has 0 bridgehead atoms. The number of anilines is 1. The molecule has 17 heavy (non-hydrogen) atoms. The van der Waals surface area contributed by atoms with E-state index in [9.17, 15) is 0 Å². The van der Waals surface area contributed by atoms with Gasteiger partial charge in [-0.1, -0.05) is 35.1 Å². The molecule has 0 aliphatic carbocycles. The molecule has 0 saturated heterocycles. The Kier molecular flexibility index (Phi) is 2.49. The monoisotopic (exact) mass is 265 g/mol. The highest BCUT2D eigenvalue weighted by atomic mass is 35.5. The number of para-hydroxylation sites is 1. The van der Waals surface area contributed by atoms with E-state index in [1.807, 2.05) is 18.2 Å². The SMILES string of the molecule is CNc1nnc(-c2cc3cccc(Cl)c3o2)s1. The van der Waals surface area contributed by atoms with Gasteiger partial charge in [0.1, 0.15) is 0 Å². The van der Waals surface area contributed by atoms with Crippen LogP contribution in [0.15, 0.2) is 28.7 Å². The van der Waals surface area contributed by atoms with Crippen LogP contribution in [0.2, 0.25) is 5.02 Å². The number of aromatic nitrogens is 2. The summed E-state index contributed by atoms with van der Waals surface area (Å²) in [7, 11) is 1.81. The lowest BCUT2D eigenvalue weighted by molar-refractivity contribution is 0.630. The Bertz CT molecular complexity index is 676. The van der Waals surface area contributed by atoms with Crippen LogP contribution in [0.4, 0.5) is 5.13 Å². The Labute approximate surface area is 106 Å². The zero-order chi connectivity index (χ0) is 11.8. The first kappa shape index (κ1) is 10.6. The van der Waals surface area contributed by atoms with Crippen LogP contribution in [-0.2, 0) is 0 Å². The van der Waals surface area contributed by atoms with Crippen molar-refractivity contribution >= 4 is 39.0 Å². The average molecular weight is 266 g/mol. The zero-order valence-electron chi connectivity index (χ0n) is 8.90. The minimum absolute atomic E-state index is 0.604. The van der Waals surface area contributed by atoms with Gasteiger partial charge in [0, 0.05) is 12.4 Å². The molecule has 2 aromatic heterocycles. The van der Waals surface area contributed by atoms with Crippen molar-refractivity contribution in [2.75, 3.05) is 12.4 Å². The molecule has 86 valence electrons. The van der Waals surface area contributed by atoms with Gasteiger partial charge in [-0.15, -0.1) is 10.2 Å². The normalized spacial score (nSPS) is 10.9. The van der Waals surface area contributed by atoms with Gasteiger partial charge in [0.05, 0.1) is 5.02 Å². The largest absolute Gasteiger partial charge is 0.452 e. The number of nitrogens with zero attached hydrogens (tertiary/aromatic N) is 2. The van der Waals surface area contributed by atoms with Crippen molar-refractivity contribution in [1.82, 2.24) is 10.2 Å². The molecule has 0 aliphatic heterocycles. The first-order valence-corrected chi connectivity index (χ1v) is 6.17. The van der Waals surface area contributed by atoms with E-state index >= 15 is 0 Å². The Morgan fingerprint density at radius 3 is 2.94 bits per heavy atom. The standard InChI is InChI=1S/C11H8ClN3OS/c1-13-11-15-14-10(17-11)8-5-6-3-2-4-7(12)9(6)16-8/h2-5H,1H3,(H,13,15). The molecule has 3 aromatic rings. The number of furan rings is 1. The van der Waals surface area contributed by atoms with Crippen LogP contribution in [0.25, 0.3) is 21.7 Å². The Morgan fingerprint density at radius 2 is 2.24 bits per heavy atom. The number of hydrogen-bond acceptors (Lipinski definition) is 5. The van der Waals surface area contributed by atoms with Crippen LogP contribution in [0, 0.1) is 0 Å². The summed E-state index contributed by atoms with van der Waals surface area (Å²) in [6.45, 7) is 0. The maximum absolute atomic E-state index is 6.05. The van der Waals surface area contributed by atoms with Gasteiger partial charge >= 0.3 is 0 Å². The topological polar surface area (TPSA) is 51.0 Å². The Hall–Kier alpha value is -1.59. The van der Waals surface area contributed by atoms with E-state index < -0.39 is 0 Å². The smallest absolute Gasteiger partial charge is 0.205 e. The minimum Gasteiger partial charge on any atom is -0.452 e. The Balaban J connectivity index is 2.14. The predicted molar refractivity (Wildman–Crippen MR) is 69.7 cm³/mol. The molecule has 4 nitrogen and oxygen atoms in total. The van der Waals surface area contributed by atoms with Gasteiger partial charge < -0.3 is 9.73 Å². The highest BCUT2D eigenvalue weighted by Crippen LogP contribution is 2.33. The number of hydrogen-bond donors (Lipinski definition) is 1. The third-order valence-corrected chi connectivity index (χ3v) is 3.60. The van der Waals surface area contributed by atoms with Gasteiger partial charge in [-0.3, -0.25) is 0 Å². The van der Waals surface area contributed by atoms with Crippen LogP contribution < -0.4 is 5.32 Å². The van der Waals surface area contributed by atoms with Crippen LogP contribution in [0.3, 0.4) is 0 Å². The Morgan fingerprint density at radius 1 is 1.35 bits per heavy atom. The summed E-state index contributed by atoms with van der Waals surface area (Å²) in [4.78, 5) is 0. The fraction of sp³-hybridized carbons (Fsp3) is 0.0909. The van der Waals surface area contributed by atoms with E-state index in [4.69, 9.17) is 16.0 Å². The summed E-state index contributed by atoms with van der Waals surface area (Å²) in [6, 6.07) is 7.56. The van der Waals surface area contributed by atoms with Crippen LogP contribution >= 0.6 is 22.9 Å². The number of benzene rings is 1. The molecule has 1 N–H and O–H groups in total. The first-order chi connectivity index (χ1) is 8.28. The lowest BCUT2D eigenvalue weighted by atomic mass is 10.2. The van der Waals surface area contributed by atoms with E-state index in [-0.39, 0.29) is 0 Å².